The maximum atomic E-state index is 5.45. The van der Waals surface area contributed by atoms with Crippen molar-refractivity contribution in [2.24, 2.45) is 0 Å². The maximum absolute atomic E-state index is 5.45. The molecule has 0 spiro atoms. The predicted molar refractivity (Wildman–Crippen MR) is 91.8 cm³/mol. The average molecular weight is 330 g/mol. The molecule has 0 aliphatic carbocycles. The van der Waals surface area contributed by atoms with Crippen molar-refractivity contribution in [1.82, 2.24) is 4.98 Å². The van der Waals surface area contributed by atoms with Crippen LogP contribution in [0, 0.1) is 6.92 Å². The number of ether oxygens (including phenoxy) is 3. The van der Waals surface area contributed by atoms with Crippen LogP contribution in [0.4, 0.5) is 0 Å². The van der Waals surface area contributed by atoms with E-state index in [4.69, 9.17) is 19.2 Å². The quantitative estimate of drug-likeness (QED) is 0.700. The molecule has 1 aromatic heterocycles. The summed E-state index contributed by atoms with van der Waals surface area (Å²) >= 11 is 0. The van der Waals surface area contributed by atoms with Gasteiger partial charge in [-0.1, -0.05) is 12.1 Å². The van der Waals surface area contributed by atoms with Crippen LogP contribution >= 0.6 is 12.4 Å². The molecule has 4 rings (SSSR count). The van der Waals surface area contributed by atoms with E-state index in [1.807, 2.05) is 36.4 Å². The average Bonchev–Trinajstić information content (AvgIpc) is 3.00. The number of hydrogen-bond donors (Lipinski definition) is 0. The molecule has 0 atom stereocenters. The Balaban J connectivity index is 0.00000156. The lowest BCUT2D eigenvalue weighted by Gasteiger charge is -2.09. The minimum atomic E-state index is 0. The fourth-order valence-corrected chi connectivity index (χ4v) is 2.71. The van der Waals surface area contributed by atoms with Crippen molar-refractivity contribution in [2.45, 2.75) is 6.92 Å². The number of aryl methyl sites for hydroxylation is 1. The molecule has 0 fully saturated rings. The highest BCUT2D eigenvalue weighted by Crippen LogP contribution is 2.37. The topological polar surface area (TPSA) is 40.6 Å². The van der Waals surface area contributed by atoms with Crippen LogP contribution in [0.1, 0.15) is 5.56 Å². The third-order valence-electron chi connectivity index (χ3n) is 3.88. The molecule has 2 heterocycles. The summed E-state index contributed by atoms with van der Waals surface area (Å²) < 4.78 is 16.2. The van der Waals surface area contributed by atoms with Gasteiger partial charge in [0.2, 0.25) is 6.79 Å². The summed E-state index contributed by atoms with van der Waals surface area (Å²) in [5, 5.41) is 1.08. The van der Waals surface area contributed by atoms with Gasteiger partial charge in [0.1, 0.15) is 5.75 Å². The molecule has 4 nitrogen and oxygen atoms in total. The molecule has 0 saturated carbocycles. The molecular weight excluding hydrogens is 314 g/mol. The maximum Gasteiger partial charge on any atom is 0.231 e. The van der Waals surface area contributed by atoms with Crippen molar-refractivity contribution >= 4 is 23.3 Å². The number of methoxy groups -OCH3 is 1. The highest BCUT2D eigenvalue weighted by Gasteiger charge is 2.16. The highest BCUT2D eigenvalue weighted by molar-refractivity contribution is 5.88. The first-order chi connectivity index (χ1) is 10.7. The normalized spacial score (nSPS) is 12.1. The molecule has 118 valence electrons. The fraction of sp³-hybridized carbons (Fsp3) is 0.167. The lowest BCUT2D eigenvalue weighted by atomic mass is 10.0. The first kappa shape index (κ1) is 15.4. The van der Waals surface area contributed by atoms with E-state index >= 15 is 0 Å². The zero-order valence-corrected chi connectivity index (χ0v) is 13.6. The summed E-state index contributed by atoms with van der Waals surface area (Å²) in [5.41, 5.74) is 4.01. The van der Waals surface area contributed by atoms with E-state index in [0.717, 1.165) is 45.0 Å². The Kier molecular flexibility index (Phi) is 4.01. The molecule has 3 aromatic rings. The second-order valence-corrected chi connectivity index (χ2v) is 5.28. The number of pyridine rings is 1. The molecule has 0 bridgehead atoms. The van der Waals surface area contributed by atoms with Gasteiger partial charge in [-0.15, -0.1) is 12.4 Å². The largest absolute Gasteiger partial charge is 0.497 e. The lowest BCUT2D eigenvalue weighted by Crippen LogP contribution is -1.92. The van der Waals surface area contributed by atoms with E-state index in [9.17, 15) is 0 Å². The molecule has 0 unspecified atom stereocenters. The minimum absolute atomic E-state index is 0. The van der Waals surface area contributed by atoms with Crippen LogP contribution in [-0.4, -0.2) is 18.9 Å². The number of hydrogen-bond acceptors (Lipinski definition) is 4. The second-order valence-electron chi connectivity index (χ2n) is 5.28. The van der Waals surface area contributed by atoms with Gasteiger partial charge < -0.3 is 14.2 Å². The molecule has 1 aliphatic heterocycles. The summed E-state index contributed by atoms with van der Waals surface area (Å²) in [7, 11) is 1.67. The van der Waals surface area contributed by atoms with Gasteiger partial charge in [-0.25, -0.2) is 4.98 Å². The number of aromatic nitrogens is 1. The zero-order chi connectivity index (χ0) is 15.1. The first-order valence-electron chi connectivity index (χ1n) is 7.10. The second kappa shape index (κ2) is 5.97. The van der Waals surface area contributed by atoms with Crippen molar-refractivity contribution in [1.29, 1.82) is 0 Å². The van der Waals surface area contributed by atoms with Crippen molar-refractivity contribution in [3.8, 4) is 28.5 Å². The lowest BCUT2D eigenvalue weighted by molar-refractivity contribution is 0.174. The van der Waals surface area contributed by atoms with Gasteiger partial charge in [0.05, 0.1) is 18.3 Å². The van der Waals surface area contributed by atoms with Crippen LogP contribution in [0.15, 0.2) is 42.5 Å². The molecule has 0 N–H and O–H groups in total. The molecule has 0 saturated heterocycles. The van der Waals surface area contributed by atoms with E-state index in [-0.39, 0.29) is 19.2 Å². The van der Waals surface area contributed by atoms with Crippen LogP contribution in [0.5, 0.6) is 17.2 Å². The Morgan fingerprint density at radius 2 is 1.83 bits per heavy atom. The van der Waals surface area contributed by atoms with Gasteiger partial charge in [-0.2, -0.15) is 0 Å². The number of nitrogens with zero attached hydrogens (tertiary/aromatic N) is 1. The van der Waals surface area contributed by atoms with E-state index in [0.29, 0.717) is 0 Å². The molecule has 23 heavy (non-hydrogen) atoms. The summed E-state index contributed by atoms with van der Waals surface area (Å²) in [6, 6.07) is 13.9. The number of benzene rings is 2. The molecule has 0 radical (unpaired) electrons. The van der Waals surface area contributed by atoms with Crippen LogP contribution in [-0.2, 0) is 0 Å². The molecule has 2 aromatic carbocycles. The molecule has 0 amide bonds. The van der Waals surface area contributed by atoms with E-state index < -0.39 is 0 Å². The van der Waals surface area contributed by atoms with Crippen LogP contribution < -0.4 is 14.2 Å². The Morgan fingerprint density at radius 3 is 2.61 bits per heavy atom. The number of fused-ring (bicyclic) bond motifs is 2. The minimum Gasteiger partial charge on any atom is -0.497 e. The van der Waals surface area contributed by atoms with Crippen molar-refractivity contribution < 1.29 is 14.2 Å². The van der Waals surface area contributed by atoms with Gasteiger partial charge in [0.15, 0.2) is 11.5 Å². The smallest absolute Gasteiger partial charge is 0.231 e. The number of rotatable bonds is 2. The van der Waals surface area contributed by atoms with E-state index in [2.05, 4.69) is 13.0 Å². The monoisotopic (exact) mass is 329 g/mol. The van der Waals surface area contributed by atoms with Gasteiger partial charge >= 0.3 is 0 Å². The molecule has 1 aliphatic rings. The Hall–Kier alpha value is -2.46. The highest BCUT2D eigenvalue weighted by atomic mass is 35.5. The Bertz CT molecular complexity index is 880. The summed E-state index contributed by atoms with van der Waals surface area (Å²) in [4.78, 5) is 4.77. The first-order valence-corrected chi connectivity index (χ1v) is 7.10. The van der Waals surface area contributed by atoms with Crippen molar-refractivity contribution in [2.75, 3.05) is 13.9 Å². The number of halogens is 1. The van der Waals surface area contributed by atoms with E-state index in [1.54, 1.807) is 7.11 Å². The third kappa shape index (κ3) is 2.66. The standard InChI is InChI=1S/C18H15NO3.ClH/c1-11-6-15(12-4-3-5-13(7-12)20-2)19-16-9-18-17(8-14(11)16)21-10-22-18;/h3-9H,10H2,1-2H3;1H. The van der Waals surface area contributed by atoms with Gasteiger partial charge in [-0.3, -0.25) is 0 Å². The van der Waals surface area contributed by atoms with Gasteiger partial charge in [0.25, 0.3) is 0 Å². The Morgan fingerprint density at radius 1 is 1.04 bits per heavy atom. The third-order valence-corrected chi connectivity index (χ3v) is 3.88. The van der Waals surface area contributed by atoms with Crippen LogP contribution in [0.25, 0.3) is 22.2 Å². The summed E-state index contributed by atoms with van der Waals surface area (Å²) in [6.45, 7) is 2.35. The van der Waals surface area contributed by atoms with Crippen molar-refractivity contribution in [3.63, 3.8) is 0 Å². The summed E-state index contributed by atoms with van der Waals surface area (Å²) in [5.74, 6) is 2.36. The van der Waals surface area contributed by atoms with E-state index in [1.165, 1.54) is 0 Å². The molecular formula is C18H16ClNO3. The predicted octanol–water partition coefficient (Wildman–Crippen LogP) is 4.37. The molecule has 5 heteroatoms. The van der Waals surface area contributed by atoms with Crippen LogP contribution in [0.2, 0.25) is 0 Å². The fourth-order valence-electron chi connectivity index (χ4n) is 2.71. The summed E-state index contributed by atoms with van der Waals surface area (Å²) in [6.07, 6.45) is 0. The van der Waals surface area contributed by atoms with Gasteiger partial charge in [-0.05, 0) is 36.8 Å². The SMILES string of the molecule is COc1cccc(-c2cc(C)c3cc4c(cc3n2)OCO4)c1.Cl. The van der Waals surface area contributed by atoms with Crippen molar-refractivity contribution in [3.05, 3.63) is 48.0 Å². The van der Waals surface area contributed by atoms with Gasteiger partial charge in [0, 0.05) is 17.0 Å². The Labute approximate surface area is 140 Å². The zero-order valence-electron chi connectivity index (χ0n) is 12.8. The van der Waals surface area contributed by atoms with Crippen LogP contribution in [0.3, 0.4) is 0 Å².